The summed E-state index contributed by atoms with van der Waals surface area (Å²) in [5.74, 6) is 0.985. The van der Waals surface area contributed by atoms with Gasteiger partial charge in [0.05, 0.1) is 12.2 Å². The maximum atomic E-state index is 5.47. The number of nitrogens with one attached hydrogen (secondary N) is 2. The Hall–Kier alpha value is -1.63. The van der Waals surface area contributed by atoms with Gasteiger partial charge in [0, 0.05) is 20.2 Å². The number of ether oxygens (including phenoxy) is 2. The molecule has 1 aromatic rings. The minimum atomic E-state index is -0.296. The van der Waals surface area contributed by atoms with Crippen LogP contribution in [0.25, 0.3) is 0 Å². The van der Waals surface area contributed by atoms with Gasteiger partial charge in [0.15, 0.2) is 0 Å². The molecule has 1 rings (SSSR count). The molecule has 0 aromatic carbocycles. The van der Waals surface area contributed by atoms with Crippen molar-refractivity contribution in [3.05, 3.63) is 0 Å². The minimum absolute atomic E-state index is 0.296. The molecule has 1 heterocycles. The van der Waals surface area contributed by atoms with Gasteiger partial charge < -0.3 is 20.1 Å². The largest absolute Gasteiger partial charge is 0.463 e. The molecule has 0 saturated carbocycles. The first-order valence-electron chi connectivity index (χ1n) is 6.92. The van der Waals surface area contributed by atoms with Crippen LogP contribution in [-0.2, 0) is 4.74 Å². The lowest BCUT2D eigenvalue weighted by Crippen LogP contribution is -2.32. The van der Waals surface area contributed by atoms with E-state index in [1.165, 1.54) is 0 Å². The Morgan fingerprint density at radius 3 is 2.25 bits per heavy atom. The van der Waals surface area contributed by atoms with Crippen LogP contribution in [0.15, 0.2) is 0 Å². The molecular formula is C13H25N5O2. The van der Waals surface area contributed by atoms with E-state index in [-0.39, 0.29) is 5.60 Å². The molecule has 7 heteroatoms. The fourth-order valence-corrected chi connectivity index (χ4v) is 1.29. The lowest BCUT2D eigenvalue weighted by molar-refractivity contribution is 0.0342. The molecule has 0 saturated heterocycles. The fourth-order valence-electron chi connectivity index (χ4n) is 1.29. The van der Waals surface area contributed by atoms with Gasteiger partial charge in [0.25, 0.3) is 0 Å². The van der Waals surface area contributed by atoms with Crippen molar-refractivity contribution in [2.45, 2.75) is 39.7 Å². The molecule has 0 atom stereocenters. The molecule has 0 spiro atoms. The van der Waals surface area contributed by atoms with E-state index in [2.05, 4.69) is 25.6 Å². The van der Waals surface area contributed by atoms with Crippen LogP contribution >= 0.6 is 0 Å². The van der Waals surface area contributed by atoms with Crippen molar-refractivity contribution in [1.29, 1.82) is 0 Å². The highest BCUT2D eigenvalue weighted by molar-refractivity contribution is 5.36. The molecule has 0 aliphatic carbocycles. The lowest BCUT2D eigenvalue weighted by Gasteiger charge is -2.23. The summed E-state index contributed by atoms with van der Waals surface area (Å²) in [6.07, 6.45) is 0.904. The first-order chi connectivity index (χ1) is 9.50. The molecule has 0 amide bonds. The molecule has 0 unspecified atom stereocenters. The van der Waals surface area contributed by atoms with Crippen molar-refractivity contribution in [2.24, 2.45) is 0 Å². The molecule has 114 valence electrons. The highest BCUT2D eigenvalue weighted by atomic mass is 16.5. The van der Waals surface area contributed by atoms with Crippen LogP contribution in [0.1, 0.15) is 34.1 Å². The second-order valence-corrected chi connectivity index (χ2v) is 4.96. The summed E-state index contributed by atoms with van der Waals surface area (Å²) >= 11 is 0. The van der Waals surface area contributed by atoms with E-state index in [0.29, 0.717) is 31.1 Å². The summed E-state index contributed by atoms with van der Waals surface area (Å²) in [7, 11) is 1.68. The van der Waals surface area contributed by atoms with E-state index in [1.54, 1.807) is 7.11 Å². The third kappa shape index (κ3) is 5.56. The predicted octanol–water partition coefficient (Wildman–Crippen LogP) is 1.93. The average Bonchev–Trinajstić information content (AvgIpc) is 2.43. The topological polar surface area (TPSA) is 81.2 Å². The molecule has 2 N–H and O–H groups in total. The summed E-state index contributed by atoms with van der Waals surface area (Å²) < 4.78 is 10.8. The molecule has 0 fully saturated rings. The Morgan fingerprint density at radius 1 is 1.05 bits per heavy atom. The number of rotatable bonds is 9. The summed E-state index contributed by atoms with van der Waals surface area (Å²) in [6.45, 7) is 9.90. The second kappa shape index (κ2) is 7.84. The monoisotopic (exact) mass is 283 g/mol. The number of hydrogen-bond acceptors (Lipinski definition) is 7. The molecular weight excluding hydrogens is 258 g/mol. The number of anilines is 2. The summed E-state index contributed by atoms with van der Waals surface area (Å²) in [5, 5.41) is 6.21. The van der Waals surface area contributed by atoms with Gasteiger partial charge in [-0.25, -0.2) is 0 Å². The quantitative estimate of drug-likeness (QED) is 0.716. The first-order valence-corrected chi connectivity index (χ1v) is 6.92. The van der Waals surface area contributed by atoms with Crippen LogP contribution in [0.4, 0.5) is 11.9 Å². The Bertz CT molecular complexity index is 412. The Morgan fingerprint density at radius 2 is 1.70 bits per heavy atom. The second-order valence-electron chi connectivity index (χ2n) is 4.96. The van der Waals surface area contributed by atoms with Crippen LogP contribution < -0.4 is 15.4 Å². The maximum Gasteiger partial charge on any atom is 0.323 e. The van der Waals surface area contributed by atoms with Crippen molar-refractivity contribution in [3.8, 4) is 6.01 Å². The SMILES string of the molecule is CCCOc1nc(NCC)nc(NCC(C)(C)OC)n1. The van der Waals surface area contributed by atoms with E-state index in [9.17, 15) is 0 Å². The highest BCUT2D eigenvalue weighted by Gasteiger charge is 2.17. The summed E-state index contributed by atoms with van der Waals surface area (Å²) in [4.78, 5) is 12.7. The third-order valence-corrected chi connectivity index (χ3v) is 2.61. The van der Waals surface area contributed by atoms with E-state index >= 15 is 0 Å². The van der Waals surface area contributed by atoms with Crippen molar-refractivity contribution < 1.29 is 9.47 Å². The lowest BCUT2D eigenvalue weighted by atomic mass is 10.1. The number of methoxy groups -OCH3 is 1. The van der Waals surface area contributed by atoms with Gasteiger partial charge in [-0.05, 0) is 27.2 Å². The van der Waals surface area contributed by atoms with Crippen LogP contribution in [0.3, 0.4) is 0 Å². The van der Waals surface area contributed by atoms with E-state index in [0.717, 1.165) is 13.0 Å². The van der Waals surface area contributed by atoms with Crippen molar-refractivity contribution in [3.63, 3.8) is 0 Å². The van der Waals surface area contributed by atoms with Crippen molar-refractivity contribution >= 4 is 11.9 Å². The molecule has 7 nitrogen and oxygen atoms in total. The average molecular weight is 283 g/mol. The fraction of sp³-hybridized carbons (Fsp3) is 0.769. The molecule has 0 aliphatic rings. The molecule has 20 heavy (non-hydrogen) atoms. The van der Waals surface area contributed by atoms with Crippen molar-refractivity contribution in [1.82, 2.24) is 15.0 Å². The number of aromatic nitrogens is 3. The zero-order valence-electron chi connectivity index (χ0n) is 13.0. The first kappa shape index (κ1) is 16.4. The molecule has 0 radical (unpaired) electrons. The van der Waals surface area contributed by atoms with Crippen molar-refractivity contribution in [2.75, 3.05) is 37.4 Å². The van der Waals surface area contributed by atoms with Gasteiger partial charge in [0.1, 0.15) is 0 Å². The van der Waals surface area contributed by atoms with E-state index < -0.39 is 0 Å². The van der Waals surface area contributed by atoms with Gasteiger partial charge in [-0.2, -0.15) is 15.0 Å². The summed E-state index contributed by atoms with van der Waals surface area (Å²) in [6, 6.07) is 0.329. The molecule has 1 aromatic heterocycles. The number of nitrogens with zero attached hydrogens (tertiary/aromatic N) is 3. The van der Waals surface area contributed by atoms with Gasteiger partial charge >= 0.3 is 6.01 Å². The van der Waals surface area contributed by atoms with E-state index in [4.69, 9.17) is 9.47 Å². The third-order valence-electron chi connectivity index (χ3n) is 2.61. The minimum Gasteiger partial charge on any atom is -0.463 e. The van der Waals surface area contributed by atoms with E-state index in [1.807, 2.05) is 27.7 Å². The standard InChI is InChI=1S/C13H25N5O2/c1-6-8-20-12-17-10(14-7-2)16-11(18-12)15-9-13(3,4)19-5/h6-9H2,1-5H3,(H2,14,15,16,17,18). The summed E-state index contributed by atoms with van der Waals surface area (Å²) in [5.41, 5.74) is -0.296. The highest BCUT2D eigenvalue weighted by Crippen LogP contribution is 2.13. The maximum absolute atomic E-state index is 5.47. The van der Waals surface area contributed by atoms with Gasteiger partial charge in [-0.3, -0.25) is 0 Å². The van der Waals surface area contributed by atoms with Gasteiger partial charge in [-0.1, -0.05) is 6.92 Å². The predicted molar refractivity (Wildman–Crippen MR) is 79.4 cm³/mol. The Labute approximate surface area is 120 Å². The normalized spacial score (nSPS) is 11.2. The van der Waals surface area contributed by atoms with Gasteiger partial charge in [0.2, 0.25) is 11.9 Å². The smallest absolute Gasteiger partial charge is 0.323 e. The van der Waals surface area contributed by atoms with Crippen LogP contribution in [0.2, 0.25) is 0 Å². The molecule has 0 bridgehead atoms. The molecule has 0 aliphatic heterocycles. The Kier molecular flexibility index (Phi) is 6.44. The van der Waals surface area contributed by atoms with Crippen LogP contribution in [0.5, 0.6) is 6.01 Å². The zero-order valence-corrected chi connectivity index (χ0v) is 13.0. The number of hydrogen-bond donors (Lipinski definition) is 2. The van der Waals surface area contributed by atoms with Crippen LogP contribution in [-0.4, -0.2) is 47.4 Å². The van der Waals surface area contributed by atoms with Crippen LogP contribution in [0, 0.1) is 0 Å². The van der Waals surface area contributed by atoms with Gasteiger partial charge in [-0.15, -0.1) is 0 Å². The zero-order chi connectivity index (χ0) is 15.0. The Balaban J connectivity index is 2.79.